The maximum absolute atomic E-state index is 14.8. The van der Waals surface area contributed by atoms with Crippen molar-refractivity contribution in [2.45, 2.75) is 17.5 Å². The number of carbonyl (C=O) groups excluding carboxylic acids is 3. The highest BCUT2D eigenvalue weighted by molar-refractivity contribution is 9.10. The Kier molecular flexibility index (Phi) is 5.94. The van der Waals surface area contributed by atoms with E-state index in [1.54, 1.807) is 49.6 Å². The Bertz CT molecular complexity index is 1770. The van der Waals surface area contributed by atoms with Crippen molar-refractivity contribution >= 4 is 50.9 Å². The fourth-order valence-corrected chi connectivity index (χ4v) is 7.43. The first-order chi connectivity index (χ1) is 20.0. The van der Waals surface area contributed by atoms with E-state index in [1.807, 2.05) is 71.6 Å². The molecule has 0 radical (unpaired) electrons. The Balaban J connectivity index is 1.52. The summed E-state index contributed by atoms with van der Waals surface area (Å²) in [6, 6.07) is 27.9. The van der Waals surface area contributed by atoms with Crippen LogP contribution in [0.2, 0.25) is 0 Å². The molecule has 4 aromatic carbocycles. The molecule has 7 heteroatoms. The predicted molar refractivity (Wildman–Crippen MR) is 162 cm³/mol. The van der Waals surface area contributed by atoms with Crippen molar-refractivity contribution in [3.63, 3.8) is 0 Å². The summed E-state index contributed by atoms with van der Waals surface area (Å²) in [5, 5.41) is 3.06. The number of hydrogen-bond acceptors (Lipinski definition) is 5. The van der Waals surface area contributed by atoms with E-state index in [0.717, 1.165) is 16.8 Å². The molecule has 3 heterocycles. The van der Waals surface area contributed by atoms with E-state index in [1.165, 1.54) is 0 Å². The Labute approximate surface area is 245 Å². The molecule has 1 N–H and O–H groups in total. The SMILES string of the molecule is COc1ccc(C(=O)[C@@H]2[C@H](C(=O)c3ccccc3)[C@]3(C(=O)Nc4ccccc43)[C@@H]3C=Cc4ccccc4N23)cc1Br. The largest absolute Gasteiger partial charge is 0.496 e. The number of ketones is 2. The normalized spacial score (nSPS) is 23.5. The summed E-state index contributed by atoms with van der Waals surface area (Å²) in [6.07, 6.45) is 3.97. The number of carbonyl (C=O) groups is 3. The van der Waals surface area contributed by atoms with Gasteiger partial charge in [0.1, 0.15) is 17.2 Å². The van der Waals surface area contributed by atoms with E-state index >= 15 is 0 Å². The van der Waals surface area contributed by atoms with Crippen LogP contribution in [0, 0.1) is 5.92 Å². The van der Waals surface area contributed by atoms with Crippen LogP contribution >= 0.6 is 15.9 Å². The van der Waals surface area contributed by atoms with Crippen LogP contribution in [0.5, 0.6) is 5.75 Å². The number of methoxy groups -OCH3 is 1. The van der Waals surface area contributed by atoms with E-state index in [-0.39, 0.29) is 17.5 Å². The number of Topliss-reactive ketones (excluding diaryl/α,β-unsaturated/α-hetero) is 2. The summed E-state index contributed by atoms with van der Waals surface area (Å²) in [5.74, 6) is -1.19. The van der Waals surface area contributed by atoms with Gasteiger partial charge in [0.2, 0.25) is 5.91 Å². The number of benzene rings is 4. The van der Waals surface area contributed by atoms with Gasteiger partial charge in [-0.25, -0.2) is 0 Å². The van der Waals surface area contributed by atoms with Crippen molar-refractivity contribution in [1.29, 1.82) is 0 Å². The minimum absolute atomic E-state index is 0.244. The molecule has 41 heavy (non-hydrogen) atoms. The van der Waals surface area contributed by atoms with E-state index < -0.39 is 23.4 Å². The van der Waals surface area contributed by atoms with Gasteiger partial charge in [-0.05, 0) is 57.4 Å². The average Bonchev–Trinajstić information content (AvgIpc) is 3.49. The van der Waals surface area contributed by atoms with Gasteiger partial charge in [0.25, 0.3) is 0 Å². The van der Waals surface area contributed by atoms with E-state index in [9.17, 15) is 14.4 Å². The van der Waals surface area contributed by atoms with Gasteiger partial charge in [-0.15, -0.1) is 0 Å². The quantitative estimate of drug-likeness (QED) is 0.270. The van der Waals surface area contributed by atoms with Crippen LogP contribution in [-0.4, -0.2) is 36.7 Å². The molecule has 0 aliphatic carbocycles. The molecule has 202 valence electrons. The zero-order chi connectivity index (χ0) is 28.3. The molecule has 7 rings (SSSR count). The molecule has 1 amide bonds. The number of amides is 1. The molecule has 1 fully saturated rings. The lowest BCUT2D eigenvalue weighted by atomic mass is 9.64. The smallest absolute Gasteiger partial charge is 0.238 e. The Hall–Kier alpha value is -4.49. The molecule has 3 aliphatic heterocycles. The first-order valence-electron chi connectivity index (χ1n) is 13.4. The monoisotopic (exact) mass is 604 g/mol. The molecule has 4 aromatic rings. The second kappa shape index (κ2) is 9.56. The van der Waals surface area contributed by atoms with Gasteiger partial charge in [0, 0.05) is 22.5 Å². The third-order valence-electron chi connectivity index (χ3n) is 8.59. The standard InChI is InChI=1S/C34H25BrN2O4/c1-41-27-17-15-22(19-24(27)35)32(39)30-29(31(38)21-10-3-2-4-11-21)34(23-12-6-7-13-25(23)36-33(34)40)28-18-16-20-9-5-8-14-26(20)37(28)30/h2-19,28-30H,1H3,(H,36,40)/t28-,29+,30-,34+/m0/s1. The lowest BCUT2D eigenvalue weighted by molar-refractivity contribution is -0.121. The van der Waals surface area contributed by atoms with Gasteiger partial charge in [0.05, 0.1) is 23.5 Å². The zero-order valence-electron chi connectivity index (χ0n) is 22.1. The third-order valence-corrected chi connectivity index (χ3v) is 9.21. The molecule has 4 atom stereocenters. The number of nitrogens with one attached hydrogen (secondary N) is 1. The van der Waals surface area contributed by atoms with Gasteiger partial charge >= 0.3 is 0 Å². The second-order valence-electron chi connectivity index (χ2n) is 10.5. The van der Waals surface area contributed by atoms with Crippen LogP contribution in [0.3, 0.4) is 0 Å². The Morgan fingerprint density at radius 1 is 0.878 bits per heavy atom. The van der Waals surface area contributed by atoms with Gasteiger partial charge in [0.15, 0.2) is 11.6 Å². The fraction of sp³-hybridized carbons (Fsp3) is 0.147. The highest BCUT2D eigenvalue weighted by Gasteiger charge is 2.70. The number of hydrogen-bond donors (Lipinski definition) is 1. The van der Waals surface area contributed by atoms with Crippen LogP contribution in [-0.2, 0) is 10.2 Å². The molecular formula is C34H25BrN2O4. The van der Waals surface area contributed by atoms with Gasteiger partial charge in [-0.3, -0.25) is 14.4 Å². The molecule has 1 saturated heterocycles. The van der Waals surface area contributed by atoms with Crippen LogP contribution in [0.15, 0.2) is 108 Å². The minimum atomic E-state index is -1.34. The lowest BCUT2D eigenvalue weighted by Crippen LogP contribution is -2.51. The summed E-state index contributed by atoms with van der Waals surface area (Å²) in [4.78, 5) is 45.8. The average molecular weight is 605 g/mol. The second-order valence-corrected chi connectivity index (χ2v) is 11.4. The molecule has 3 aliphatic rings. The number of nitrogens with zero attached hydrogens (tertiary/aromatic N) is 1. The summed E-state index contributed by atoms with van der Waals surface area (Å²) in [7, 11) is 1.56. The maximum atomic E-state index is 14.8. The van der Waals surface area contributed by atoms with Crippen molar-refractivity contribution in [2.75, 3.05) is 17.3 Å². The Morgan fingerprint density at radius 3 is 2.39 bits per heavy atom. The van der Waals surface area contributed by atoms with Crippen LogP contribution in [0.4, 0.5) is 11.4 Å². The van der Waals surface area contributed by atoms with Gasteiger partial charge in [-0.2, -0.15) is 0 Å². The molecule has 0 aromatic heterocycles. The number of halogens is 1. The summed E-state index contributed by atoms with van der Waals surface area (Å²) in [5.41, 5.74) is 2.67. The maximum Gasteiger partial charge on any atom is 0.238 e. The van der Waals surface area contributed by atoms with Gasteiger partial charge in [-0.1, -0.05) is 78.9 Å². The molecule has 6 nitrogen and oxygen atoms in total. The summed E-state index contributed by atoms with van der Waals surface area (Å²) in [6.45, 7) is 0. The molecule has 1 spiro atoms. The van der Waals surface area contributed by atoms with Crippen molar-refractivity contribution in [3.05, 3.63) is 130 Å². The predicted octanol–water partition coefficient (Wildman–Crippen LogP) is 6.31. The number of rotatable bonds is 5. The fourth-order valence-electron chi connectivity index (χ4n) is 6.89. The van der Waals surface area contributed by atoms with Crippen molar-refractivity contribution in [3.8, 4) is 5.75 Å². The van der Waals surface area contributed by atoms with Crippen LogP contribution < -0.4 is 15.0 Å². The lowest BCUT2D eigenvalue weighted by Gasteiger charge is -2.37. The molecule has 0 saturated carbocycles. The van der Waals surface area contributed by atoms with Crippen molar-refractivity contribution < 1.29 is 19.1 Å². The minimum Gasteiger partial charge on any atom is -0.496 e. The molecular weight excluding hydrogens is 580 g/mol. The molecule has 0 unspecified atom stereocenters. The van der Waals surface area contributed by atoms with Crippen molar-refractivity contribution in [2.24, 2.45) is 5.92 Å². The van der Waals surface area contributed by atoms with E-state index in [2.05, 4.69) is 21.2 Å². The number of anilines is 2. The topological polar surface area (TPSA) is 75.7 Å². The summed E-state index contributed by atoms with van der Waals surface area (Å²) >= 11 is 3.52. The Morgan fingerprint density at radius 2 is 1.61 bits per heavy atom. The highest BCUT2D eigenvalue weighted by atomic mass is 79.9. The molecule has 0 bridgehead atoms. The zero-order valence-corrected chi connectivity index (χ0v) is 23.7. The third kappa shape index (κ3) is 3.58. The number of fused-ring (bicyclic) bond motifs is 6. The first-order valence-corrected chi connectivity index (χ1v) is 14.2. The highest BCUT2D eigenvalue weighted by Crippen LogP contribution is 2.58. The summed E-state index contributed by atoms with van der Waals surface area (Å²) < 4.78 is 6.03. The number of para-hydroxylation sites is 2. The van der Waals surface area contributed by atoms with Crippen LogP contribution in [0.25, 0.3) is 6.08 Å². The van der Waals surface area contributed by atoms with Gasteiger partial charge < -0.3 is 15.0 Å². The first kappa shape index (κ1) is 25.5. The number of ether oxygens (including phenoxy) is 1. The van der Waals surface area contributed by atoms with E-state index in [4.69, 9.17) is 4.74 Å². The van der Waals surface area contributed by atoms with E-state index in [0.29, 0.717) is 27.0 Å². The van der Waals surface area contributed by atoms with Crippen molar-refractivity contribution in [1.82, 2.24) is 0 Å². The van der Waals surface area contributed by atoms with Crippen LogP contribution in [0.1, 0.15) is 31.8 Å².